The molecule has 1 aliphatic rings. The van der Waals surface area contributed by atoms with Crippen LogP contribution in [0.2, 0.25) is 0 Å². The van der Waals surface area contributed by atoms with Crippen molar-refractivity contribution in [1.29, 1.82) is 0 Å². The van der Waals surface area contributed by atoms with Crippen LogP contribution in [-0.4, -0.2) is 53.5 Å². The molecule has 0 saturated carbocycles. The van der Waals surface area contributed by atoms with Crippen molar-refractivity contribution in [3.05, 3.63) is 30.0 Å². The van der Waals surface area contributed by atoms with Gasteiger partial charge in [0, 0.05) is 25.5 Å². The van der Waals surface area contributed by atoms with E-state index < -0.39 is 11.5 Å². The van der Waals surface area contributed by atoms with Crippen molar-refractivity contribution < 1.29 is 19.2 Å². The summed E-state index contributed by atoms with van der Waals surface area (Å²) in [4.78, 5) is 13.7. The molecule has 0 spiro atoms. The zero-order valence-electron chi connectivity index (χ0n) is 12.6. The number of benzene rings is 1. The predicted octanol–water partition coefficient (Wildman–Crippen LogP) is 1.94. The van der Waals surface area contributed by atoms with Crippen LogP contribution in [0.5, 0.6) is 0 Å². The lowest BCUT2D eigenvalue weighted by Gasteiger charge is -2.33. The van der Waals surface area contributed by atoms with Crippen LogP contribution in [0.15, 0.2) is 28.8 Å². The van der Waals surface area contributed by atoms with E-state index in [-0.39, 0.29) is 6.61 Å². The van der Waals surface area contributed by atoms with Gasteiger partial charge in [0.2, 0.25) is 0 Å². The van der Waals surface area contributed by atoms with E-state index in [9.17, 15) is 9.90 Å². The average Bonchev–Trinajstić information content (AvgIpc) is 3.10. The third kappa shape index (κ3) is 2.48. The molecule has 0 amide bonds. The zero-order valence-corrected chi connectivity index (χ0v) is 12.6. The normalized spacial score (nSPS) is 22.4. The van der Waals surface area contributed by atoms with Gasteiger partial charge < -0.3 is 14.4 Å². The minimum atomic E-state index is -0.908. The van der Waals surface area contributed by atoms with E-state index in [1.54, 1.807) is 7.11 Å². The molecule has 6 heteroatoms. The SMILES string of the molecule is COCC1(C(=O)O)CCCN1CCc1noc2ccccc12. The molecule has 2 aromatic rings. The minimum Gasteiger partial charge on any atom is -0.480 e. The van der Waals surface area contributed by atoms with E-state index in [4.69, 9.17) is 9.26 Å². The van der Waals surface area contributed by atoms with Crippen LogP contribution >= 0.6 is 0 Å². The lowest BCUT2D eigenvalue weighted by molar-refractivity contribution is -0.153. The molecule has 22 heavy (non-hydrogen) atoms. The number of likely N-dealkylation sites (tertiary alicyclic amines) is 1. The molecule has 1 N–H and O–H groups in total. The number of carbonyl (C=O) groups is 1. The molecular formula is C16H20N2O4. The number of fused-ring (bicyclic) bond motifs is 1. The van der Waals surface area contributed by atoms with Gasteiger partial charge in [-0.1, -0.05) is 17.3 Å². The first kappa shape index (κ1) is 15.0. The maximum atomic E-state index is 11.7. The number of carboxylic acid groups (broad SMARTS) is 1. The molecule has 0 aliphatic carbocycles. The summed E-state index contributed by atoms with van der Waals surface area (Å²) in [5.74, 6) is -0.808. The van der Waals surface area contributed by atoms with Gasteiger partial charge in [-0.3, -0.25) is 9.69 Å². The molecule has 1 aliphatic heterocycles. The molecule has 1 unspecified atom stereocenters. The number of aliphatic carboxylic acids is 1. The van der Waals surface area contributed by atoms with Gasteiger partial charge >= 0.3 is 5.97 Å². The highest BCUT2D eigenvalue weighted by Gasteiger charge is 2.47. The molecule has 1 saturated heterocycles. The monoisotopic (exact) mass is 304 g/mol. The van der Waals surface area contributed by atoms with Gasteiger partial charge in [0.15, 0.2) is 5.58 Å². The summed E-state index contributed by atoms with van der Waals surface area (Å²) in [6.07, 6.45) is 2.15. The van der Waals surface area contributed by atoms with Crippen LogP contribution in [0, 0.1) is 0 Å². The van der Waals surface area contributed by atoms with Gasteiger partial charge in [-0.2, -0.15) is 0 Å². The van der Waals surface area contributed by atoms with Crippen LogP contribution in [0.1, 0.15) is 18.5 Å². The lowest BCUT2D eigenvalue weighted by atomic mass is 9.97. The average molecular weight is 304 g/mol. The maximum absolute atomic E-state index is 11.7. The number of carboxylic acids is 1. The van der Waals surface area contributed by atoms with Gasteiger partial charge in [-0.15, -0.1) is 0 Å². The second kappa shape index (κ2) is 6.06. The lowest BCUT2D eigenvalue weighted by Crippen LogP contribution is -2.54. The first-order valence-corrected chi connectivity index (χ1v) is 7.48. The predicted molar refractivity (Wildman–Crippen MR) is 80.8 cm³/mol. The minimum absolute atomic E-state index is 0.210. The van der Waals surface area contributed by atoms with Gasteiger partial charge in [-0.05, 0) is 31.5 Å². The molecule has 118 valence electrons. The Bertz CT molecular complexity index is 669. The first-order chi connectivity index (χ1) is 10.7. The second-order valence-corrected chi connectivity index (χ2v) is 5.74. The van der Waals surface area contributed by atoms with Gasteiger partial charge in [0.05, 0.1) is 12.3 Å². The van der Waals surface area contributed by atoms with Crippen LogP contribution in [0.4, 0.5) is 0 Å². The third-order valence-electron chi connectivity index (χ3n) is 4.48. The Kier molecular flexibility index (Phi) is 4.13. The molecule has 0 radical (unpaired) electrons. The van der Waals surface area contributed by atoms with Crippen LogP contribution in [-0.2, 0) is 16.0 Å². The van der Waals surface area contributed by atoms with Crippen molar-refractivity contribution in [2.45, 2.75) is 24.8 Å². The maximum Gasteiger partial charge on any atom is 0.326 e. The summed E-state index contributed by atoms with van der Waals surface area (Å²) >= 11 is 0. The fourth-order valence-corrected chi connectivity index (χ4v) is 3.33. The highest BCUT2D eigenvalue weighted by atomic mass is 16.5. The molecule has 1 aromatic carbocycles. The number of ether oxygens (including phenoxy) is 1. The van der Waals surface area contributed by atoms with E-state index in [1.807, 2.05) is 29.2 Å². The third-order valence-corrected chi connectivity index (χ3v) is 4.48. The standard InChI is InChI=1S/C16H20N2O4/c1-21-11-16(15(19)20)8-4-9-18(16)10-7-13-12-5-2-3-6-14(12)22-17-13/h2-3,5-6H,4,7-11H2,1H3,(H,19,20). The Morgan fingerprint density at radius 1 is 1.50 bits per heavy atom. The summed E-state index contributed by atoms with van der Waals surface area (Å²) in [6, 6.07) is 7.72. The number of rotatable bonds is 6. The Labute approximate surface area is 128 Å². The van der Waals surface area contributed by atoms with Crippen molar-refractivity contribution in [2.75, 3.05) is 26.8 Å². The van der Waals surface area contributed by atoms with Crippen molar-refractivity contribution >= 4 is 16.9 Å². The fourth-order valence-electron chi connectivity index (χ4n) is 3.33. The van der Waals surface area contributed by atoms with Crippen molar-refractivity contribution in [2.24, 2.45) is 0 Å². The largest absolute Gasteiger partial charge is 0.480 e. The number of methoxy groups -OCH3 is 1. The number of hydrogen-bond donors (Lipinski definition) is 1. The topological polar surface area (TPSA) is 75.8 Å². The summed E-state index contributed by atoms with van der Waals surface area (Å²) in [5, 5.41) is 14.7. The highest BCUT2D eigenvalue weighted by Crippen LogP contribution is 2.30. The first-order valence-electron chi connectivity index (χ1n) is 7.48. The van der Waals surface area contributed by atoms with E-state index in [1.165, 1.54) is 0 Å². The number of para-hydroxylation sites is 1. The smallest absolute Gasteiger partial charge is 0.326 e. The fraction of sp³-hybridized carbons (Fsp3) is 0.500. The van der Waals surface area contributed by atoms with E-state index in [0.717, 1.165) is 29.6 Å². The van der Waals surface area contributed by atoms with Gasteiger partial charge in [-0.25, -0.2) is 0 Å². The molecule has 0 bridgehead atoms. The highest BCUT2D eigenvalue weighted by molar-refractivity contribution is 5.80. The summed E-state index contributed by atoms with van der Waals surface area (Å²) in [6.45, 7) is 1.61. The van der Waals surface area contributed by atoms with E-state index >= 15 is 0 Å². The molecule has 1 aromatic heterocycles. The van der Waals surface area contributed by atoms with Gasteiger partial charge in [0.25, 0.3) is 0 Å². The van der Waals surface area contributed by atoms with E-state index in [0.29, 0.717) is 19.4 Å². The number of nitrogens with zero attached hydrogens (tertiary/aromatic N) is 2. The molecule has 1 atom stereocenters. The molecular weight excluding hydrogens is 284 g/mol. The number of aromatic nitrogens is 1. The summed E-state index contributed by atoms with van der Waals surface area (Å²) in [7, 11) is 1.55. The molecule has 3 rings (SSSR count). The van der Waals surface area contributed by atoms with Crippen molar-refractivity contribution in [3.63, 3.8) is 0 Å². The van der Waals surface area contributed by atoms with Crippen molar-refractivity contribution in [1.82, 2.24) is 10.1 Å². The Morgan fingerprint density at radius 3 is 3.09 bits per heavy atom. The van der Waals surface area contributed by atoms with Crippen LogP contribution in [0.3, 0.4) is 0 Å². The van der Waals surface area contributed by atoms with E-state index in [2.05, 4.69) is 5.16 Å². The van der Waals surface area contributed by atoms with Gasteiger partial charge in [0.1, 0.15) is 5.54 Å². The molecule has 6 nitrogen and oxygen atoms in total. The Balaban J connectivity index is 1.76. The van der Waals surface area contributed by atoms with Crippen LogP contribution < -0.4 is 0 Å². The Hall–Kier alpha value is -1.92. The Morgan fingerprint density at radius 2 is 2.32 bits per heavy atom. The van der Waals surface area contributed by atoms with Crippen molar-refractivity contribution in [3.8, 4) is 0 Å². The second-order valence-electron chi connectivity index (χ2n) is 5.74. The quantitative estimate of drug-likeness (QED) is 0.879. The summed E-state index contributed by atoms with van der Waals surface area (Å²) < 4.78 is 10.5. The number of hydrogen-bond acceptors (Lipinski definition) is 5. The molecule has 2 heterocycles. The van der Waals surface area contributed by atoms with Crippen LogP contribution in [0.25, 0.3) is 11.0 Å². The molecule has 1 fully saturated rings. The zero-order chi connectivity index (χ0) is 15.6. The summed E-state index contributed by atoms with van der Waals surface area (Å²) in [5.41, 5.74) is 0.730.